The fourth-order valence-electron chi connectivity index (χ4n) is 4.63. The number of hydrogen-bond donors (Lipinski definition) is 1. The first-order chi connectivity index (χ1) is 16.7. The molecule has 7 heteroatoms. The Morgan fingerprint density at radius 3 is 2.65 bits per heavy atom. The molecule has 1 atom stereocenters. The third kappa shape index (κ3) is 3.38. The largest absolute Gasteiger partial charge is 0.325 e. The number of rotatable bonds is 5. The average Bonchev–Trinajstić information content (AvgIpc) is 3.36. The van der Waals surface area contributed by atoms with Crippen molar-refractivity contribution >= 4 is 45.3 Å². The highest BCUT2D eigenvalue weighted by Crippen LogP contribution is 2.37. The van der Waals surface area contributed by atoms with E-state index in [1.807, 2.05) is 83.4 Å². The molecule has 6 rings (SSSR count). The predicted molar refractivity (Wildman–Crippen MR) is 131 cm³/mol. The number of fused-ring (bicyclic) bond motifs is 4. The smallest absolute Gasteiger partial charge is 0.253 e. The van der Waals surface area contributed by atoms with Crippen LogP contribution in [0.1, 0.15) is 18.0 Å². The van der Waals surface area contributed by atoms with Crippen LogP contribution in [0.3, 0.4) is 0 Å². The van der Waals surface area contributed by atoms with E-state index in [2.05, 4.69) is 10.3 Å². The lowest BCUT2D eigenvalue weighted by atomic mass is 10.1. The number of amides is 2. The van der Waals surface area contributed by atoms with Crippen LogP contribution in [0.25, 0.3) is 21.8 Å². The maximum Gasteiger partial charge on any atom is 0.253 e. The van der Waals surface area contributed by atoms with Crippen LogP contribution in [0.4, 0.5) is 11.6 Å². The molecular formula is C27H21N5O2. The minimum atomic E-state index is -0.672. The van der Waals surface area contributed by atoms with Crippen molar-refractivity contribution in [2.75, 3.05) is 10.2 Å². The minimum absolute atomic E-state index is 0.0128. The zero-order chi connectivity index (χ0) is 23.1. The fourth-order valence-corrected chi connectivity index (χ4v) is 4.63. The van der Waals surface area contributed by atoms with Crippen LogP contribution in [0.2, 0.25) is 0 Å². The minimum Gasteiger partial charge on any atom is -0.325 e. The van der Waals surface area contributed by atoms with Gasteiger partial charge >= 0.3 is 0 Å². The van der Waals surface area contributed by atoms with E-state index in [9.17, 15) is 9.59 Å². The summed E-state index contributed by atoms with van der Waals surface area (Å²) in [5.41, 5.74) is 3.26. The van der Waals surface area contributed by atoms with Gasteiger partial charge < -0.3 is 5.32 Å². The summed E-state index contributed by atoms with van der Waals surface area (Å²) >= 11 is 0. The highest BCUT2D eigenvalue weighted by molar-refractivity contribution is 6.07. The van der Waals surface area contributed by atoms with Crippen LogP contribution in [0.15, 0.2) is 91.3 Å². The molecule has 0 spiro atoms. The summed E-state index contributed by atoms with van der Waals surface area (Å²) in [6, 6.07) is 24.5. The lowest BCUT2D eigenvalue weighted by Gasteiger charge is -2.16. The van der Waals surface area contributed by atoms with E-state index in [0.29, 0.717) is 12.5 Å². The summed E-state index contributed by atoms with van der Waals surface area (Å²) in [4.78, 5) is 37.2. The third-order valence-corrected chi connectivity index (χ3v) is 6.19. The number of imidazole rings is 1. The Morgan fingerprint density at radius 2 is 1.76 bits per heavy atom. The van der Waals surface area contributed by atoms with Gasteiger partial charge in [0.05, 0.1) is 24.0 Å². The van der Waals surface area contributed by atoms with Gasteiger partial charge in [-0.05, 0) is 35.2 Å². The Kier molecular flexibility index (Phi) is 4.80. The summed E-state index contributed by atoms with van der Waals surface area (Å²) in [6.07, 6.45) is 3.45. The van der Waals surface area contributed by atoms with Crippen molar-refractivity contribution in [3.63, 3.8) is 0 Å². The standard InChI is InChI=1S/C27H21N5O2/c33-25(29-21-12-5-9-19-8-1-2-10-20(19)21)15-24-26(34)31(17-18-7-6-14-28-16-18)27-30-22-11-3-4-13-23(22)32(24)27/h1-14,16,24H,15,17H2,(H,29,33)/t24-/m1/s1. The molecular weight excluding hydrogens is 426 g/mol. The lowest BCUT2D eigenvalue weighted by Crippen LogP contribution is -2.31. The molecule has 2 aromatic heterocycles. The van der Waals surface area contributed by atoms with Crippen LogP contribution in [-0.4, -0.2) is 26.3 Å². The maximum atomic E-state index is 13.5. The molecule has 0 fully saturated rings. The summed E-state index contributed by atoms with van der Waals surface area (Å²) in [6.45, 7) is 0.345. The number of nitrogens with one attached hydrogen (secondary N) is 1. The summed E-state index contributed by atoms with van der Waals surface area (Å²) in [7, 11) is 0. The van der Waals surface area contributed by atoms with E-state index >= 15 is 0 Å². The summed E-state index contributed by atoms with van der Waals surface area (Å²) in [5, 5.41) is 5.02. The van der Waals surface area contributed by atoms with Gasteiger partial charge in [0.2, 0.25) is 11.9 Å². The number of anilines is 2. The first-order valence-corrected chi connectivity index (χ1v) is 11.1. The normalized spacial score (nSPS) is 15.1. The van der Waals surface area contributed by atoms with Crippen LogP contribution >= 0.6 is 0 Å². The molecule has 7 nitrogen and oxygen atoms in total. The van der Waals surface area contributed by atoms with Gasteiger partial charge in [-0.2, -0.15) is 0 Å². The highest BCUT2D eigenvalue weighted by atomic mass is 16.2. The van der Waals surface area contributed by atoms with Gasteiger partial charge in [0.1, 0.15) is 6.04 Å². The number of para-hydroxylation sites is 2. The number of aromatic nitrogens is 3. The third-order valence-electron chi connectivity index (χ3n) is 6.19. The molecule has 1 aliphatic heterocycles. The molecule has 0 saturated heterocycles. The van der Waals surface area contributed by atoms with Crippen molar-refractivity contribution in [3.05, 3.63) is 96.8 Å². The van der Waals surface area contributed by atoms with Crippen molar-refractivity contribution in [1.82, 2.24) is 14.5 Å². The van der Waals surface area contributed by atoms with E-state index < -0.39 is 6.04 Å². The highest BCUT2D eigenvalue weighted by Gasteiger charge is 2.40. The molecule has 2 amide bonds. The van der Waals surface area contributed by atoms with Crippen molar-refractivity contribution < 1.29 is 9.59 Å². The molecule has 166 valence electrons. The SMILES string of the molecule is O=C(C[C@@H]1C(=O)N(Cc2cccnc2)c2nc3ccccc3n21)Nc1cccc2ccccc12. The van der Waals surface area contributed by atoms with E-state index in [1.54, 1.807) is 17.3 Å². The average molecular weight is 447 g/mol. The quantitative estimate of drug-likeness (QED) is 0.423. The topological polar surface area (TPSA) is 80.1 Å². The van der Waals surface area contributed by atoms with Gasteiger partial charge in [-0.1, -0.05) is 54.6 Å². The van der Waals surface area contributed by atoms with Gasteiger partial charge in [0.25, 0.3) is 5.91 Å². The number of benzene rings is 3. The van der Waals surface area contributed by atoms with E-state index in [1.165, 1.54) is 0 Å². The Labute approximate surface area is 195 Å². The van der Waals surface area contributed by atoms with E-state index in [-0.39, 0.29) is 18.2 Å². The molecule has 3 heterocycles. The molecule has 0 saturated carbocycles. The monoisotopic (exact) mass is 447 g/mol. The molecule has 0 unspecified atom stereocenters. The Hall–Kier alpha value is -4.52. The van der Waals surface area contributed by atoms with E-state index in [0.717, 1.165) is 33.1 Å². The number of carbonyl (C=O) groups excluding carboxylic acids is 2. The van der Waals surface area contributed by atoms with Crippen LogP contribution in [0.5, 0.6) is 0 Å². The van der Waals surface area contributed by atoms with Gasteiger partial charge in [-0.25, -0.2) is 4.98 Å². The van der Waals surface area contributed by atoms with Crippen LogP contribution < -0.4 is 10.2 Å². The Balaban J connectivity index is 1.33. The summed E-state index contributed by atoms with van der Waals surface area (Å²) < 4.78 is 1.89. The van der Waals surface area contributed by atoms with Crippen molar-refractivity contribution in [1.29, 1.82) is 0 Å². The first-order valence-electron chi connectivity index (χ1n) is 11.1. The second kappa shape index (κ2) is 8.12. The zero-order valence-corrected chi connectivity index (χ0v) is 18.3. The molecule has 34 heavy (non-hydrogen) atoms. The number of carbonyl (C=O) groups is 2. The molecule has 3 aromatic carbocycles. The van der Waals surface area contributed by atoms with Gasteiger partial charge in [-0.15, -0.1) is 0 Å². The van der Waals surface area contributed by atoms with Crippen molar-refractivity contribution in [3.8, 4) is 0 Å². The zero-order valence-electron chi connectivity index (χ0n) is 18.3. The molecule has 1 N–H and O–H groups in total. The molecule has 0 bridgehead atoms. The van der Waals surface area contributed by atoms with E-state index in [4.69, 9.17) is 4.98 Å². The van der Waals surface area contributed by atoms with Crippen LogP contribution in [-0.2, 0) is 16.1 Å². The molecule has 0 aliphatic carbocycles. The fraction of sp³-hybridized carbons (Fsp3) is 0.111. The Morgan fingerprint density at radius 1 is 0.941 bits per heavy atom. The lowest BCUT2D eigenvalue weighted by molar-refractivity contribution is -0.124. The number of pyridine rings is 1. The van der Waals surface area contributed by atoms with Gasteiger partial charge in [0.15, 0.2) is 0 Å². The number of hydrogen-bond acceptors (Lipinski definition) is 4. The second-order valence-corrected chi connectivity index (χ2v) is 8.35. The molecule has 1 aliphatic rings. The summed E-state index contributed by atoms with van der Waals surface area (Å²) in [5.74, 6) is 0.185. The van der Waals surface area contributed by atoms with Gasteiger partial charge in [0, 0.05) is 23.5 Å². The van der Waals surface area contributed by atoms with Crippen molar-refractivity contribution in [2.45, 2.75) is 19.0 Å². The number of nitrogens with zero attached hydrogens (tertiary/aromatic N) is 4. The van der Waals surface area contributed by atoms with Crippen molar-refractivity contribution in [2.24, 2.45) is 0 Å². The molecule has 5 aromatic rings. The Bertz CT molecular complexity index is 1540. The van der Waals surface area contributed by atoms with Gasteiger partial charge in [-0.3, -0.25) is 24.0 Å². The maximum absolute atomic E-state index is 13.5. The first kappa shape index (κ1) is 20.1. The second-order valence-electron chi connectivity index (χ2n) is 8.35. The predicted octanol–water partition coefficient (Wildman–Crippen LogP) is 4.70. The van der Waals surface area contributed by atoms with Crippen LogP contribution in [0, 0.1) is 0 Å². The molecule has 0 radical (unpaired) electrons.